The highest BCUT2D eigenvalue weighted by molar-refractivity contribution is 5.72. The number of nitrogens with one attached hydrogen (secondary N) is 1. The molecular formula is C20H24N6O. The van der Waals surface area contributed by atoms with E-state index in [2.05, 4.69) is 36.9 Å². The minimum atomic E-state index is 0.0460. The third-order valence-corrected chi connectivity index (χ3v) is 5.25. The van der Waals surface area contributed by atoms with Crippen LogP contribution in [-0.4, -0.2) is 56.4 Å². The molecule has 1 aliphatic heterocycles. The Kier molecular flexibility index (Phi) is 5.13. The van der Waals surface area contributed by atoms with Crippen molar-refractivity contribution in [3.63, 3.8) is 0 Å². The summed E-state index contributed by atoms with van der Waals surface area (Å²) in [5.41, 5.74) is 4.02. The molecule has 0 saturated carbocycles. The van der Waals surface area contributed by atoms with Gasteiger partial charge in [0.15, 0.2) is 5.82 Å². The topological polar surface area (TPSA) is 81.2 Å². The normalized spacial score (nSPS) is 16.4. The van der Waals surface area contributed by atoms with Crippen molar-refractivity contribution < 1.29 is 5.11 Å². The van der Waals surface area contributed by atoms with E-state index in [1.165, 1.54) is 5.56 Å². The number of piperazine rings is 1. The van der Waals surface area contributed by atoms with Gasteiger partial charge in [-0.1, -0.05) is 24.3 Å². The van der Waals surface area contributed by atoms with Crippen molar-refractivity contribution in [2.24, 2.45) is 0 Å². The second-order valence-corrected chi connectivity index (χ2v) is 6.81. The van der Waals surface area contributed by atoms with Gasteiger partial charge in [0, 0.05) is 61.9 Å². The van der Waals surface area contributed by atoms with Gasteiger partial charge >= 0.3 is 0 Å². The maximum atomic E-state index is 9.25. The Morgan fingerprint density at radius 2 is 1.81 bits per heavy atom. The van der Waals surface area contributed by atoms with Crippen LogP contribution in [0.4, 0.5) is 5.82 Å². The third kappa shape index (κ3) is 3.70. The number of aliphatic hydroxyl groups excluding tert-OH is 1. The van der Waals surface area contributed by atoms with Crippen LogP contribution in [0, 0.1) is 0 Å². The molecule has 1 atom stereocenters. The molecule has 0 spiro atoms. The Balaban J connectivity index is 1.50. The highest BCUT2D eigenvalue weighted by Crippen LogP contribution is 2.29. The van der Waals surface area contributed by atoms with Crippen molar-refractivity contribution >= 4 is 5.82 Å². The van der Waals surface area contributed by atoms with E-state index in [-0.39, 0.29) is 6.61 Å². The van der Waals surface area contributed by atoms with Crippen molar-refractivity contribution in [3.8, 4) is 11.3 Å². The number of benzene rings is 1. The summed E-state index contributed by atoms with van der Waals surface area (Å²) in [5.74, 6) is 0.921. The summed E-state index contributed by atoms with van der Waals surface area (Å²) < 4.78 is 0. The maximum Gasteiger partial charge on any atom is 0.155 e. The van der Waals surface area contributed by atoms with Crippen molar-refractivity contribution in [1.29, 1.82) is 0 Å². The zero-order chi connectivity index (χ0) is 18.6. The lowest BCUT2D eigenvalue weighted by atomic mass is 10.1. The summed E-state index contributed by atoms with van der Waals surface area (Å²) in [5, 5.41) is 16.2. The van der Waals surface area contributed by atoms with Crippen LogP contribution in [-0.2, 0) is 6.61 Å². The molecule has 7 nitrogen and oxygen atoms in total. The minimum Gasteiger partial charge on any atom is -0.392 e. The van der Waals surface area contributed by atoms with Gasteiger partial charge in [0.1, 0.15) is 5.69 Å². The molecule has 2 aromatic heterocycles. The number of hydrogen-bond donors (Lipinski definition) is 2. The summed E-state index contributed by atoms with van der Waals surface area (Å²) in [7, 11) is 0. The van der Waals surface area contributed by atoms with Crippen molar-refractivity contribution in [1.82, 2.24) is 25.1 Å². The predicted octanol–water partition coefficient (Wildman–Crippen LogP) is 2.24. The van der Waals surface area contributed by atoms with Gasteiger partial charge in [0.25, 0.3) is 0 Å². The molecule has 1 unspecified atom stereocenters. The largest absolute Gasteiger partial charge is 0.392 e. The Morgan fingerprint density at radius 1 is 1.07 bits per heavy atom. The highest BCUT2D eigenvalue weighted by Gasteiger charge is 2.25. The number of rotatable bonds is 5. The Bertz CT molecular complexity index is 856. The Hall–Kier alpha value is -2.77. The van der Waals surface area contributed by atoms with Crippen LogP contribution in [0.3, 0.4) is 0 Å². The number of H-pyrrole nitrogens is 1. The van der Waals surface area contributed by atoms with Gasteiger partial charge in [-0.05, 0) is 12.5 Å². The monoisotopic (exact) mass is 364 g/mol. The van der Waals surface area contributed by atoms with E-state index in [4.69, 9.17) is 0 Å². The quantitative estimate of drug-likeness (QED) is 0.723. The molecule has 3 aromatic rings. The van der Waals surface area contributed by atoms with Gasteiger partial charge in [-0.2, -0.15) is 5.10 Å². The van der Waals surface area contributed by atoms with Crippen LogP contribution in [0.15, 0.2) is 49.1 Å². The summed E-state index contributed by atoms with van der Waals surface area (Å²) in [4.78, 5) is 14.0. The Morgan fingerprint density at radius 3 is 2.48 bits per heavy atom. The first-order chi connectivity index (χ1) is 13.3. The molecule has 1 aromatic carbocycles. The summed E-state index contributed by atoms with van der Waals surface area (Å²) in [6.07, 6.45) is 7.35. The predicted molar refractivity (Wildman–Crippen MR) is 104 cm³/mol. The lowest BCUT2D eigenvalue weighted by Crippen LogP contribution is -2.47. The van der Waals surface area contributed by atoms with Crippen LogP contribution in [0.2, 0.25) is 0 Å². The number of aromatic nitrogens is 4. The molecule has 1 fully saturated rings. The number of hydrogen-bond acceptors (Lipinski definition) is 6. The maximum absolute atomic E-state index is 9.25. The first-order valence-corrected chi connectivity index (χ1v) is 9.25. The molecule has 0 bridgehead atoms. The molecule has 0 radical (unpaired) electrons. The first kappa shape index (κ1) is 17.6. The van der Waals surface area contributed by atoms with E-state index in [9.17, 15) is 5.11 Å². The van der Waals surface area contributed by atoms with Crippen LogP contribution >= 0.6 is 0 Å². The number of aliphatic hydroxyl groups is 1. The fourth-order valence-corrected chi connectivity index (χ4v) is 3.55. The zero-order valence-corrected chi connectivity index (χ0v) is 15.4. The molecule has 140 valence electrons. The van der Waals surface area contributed by atoms with Gasteiger partial charge in [0.2, 0.25) is 0 Å². The SMILES string of the molecule is CC(c1cn[nH]c1)N1CCN(c2nccnc2-c2ccc(CO)cc2)CC1. The minimum absolute atomic E-state index is 0.0460. The molecule has 27 heavy (non-hydrogen) atoms. The molecule has 0 aliphatic carbocycles. The van der Waals surface area contributed by atoms with Gasteiger partial charge < -0.3 is 10.0 Å². The Labute approximate surface area is 158 Å². The molecule has 4 rings (SSSR count). The van der Waals surface area contributed by atoms with Crippen LogP contribution in [0.5, 0.6) is 0 Å². The third-order valence-electron chi connectivity index (χ3n) is 5.25. The standard InChI is InChI=1S/C20H24N6O/c1-15(18-12-23-24-13-18)25-8-10-26(11-9-25)20-19(21-6-7-22-20)17-4-2-16(14-27)3-5-17/h2-7,12-13,15,27H,8-11,14H2,1H3,(H,23,24). The molecule has 0 amide bonds. The van der Waals surface area contributed by atoms with Crippen LogP contribution < -0.4 is 4.90 Å². The fraction of sp³-hybridized carbons (Fsp3) is 0.350. The lowest BCUT2D eigenvalue weighted by molar-refractivity contribution is 0.198. The van der Waals surface area contributed by atoms with Gasteiger partial charge in [-0.3, -0.25) is 15.0 Å². The molecule has 1 aliphatic rings. The van der Waals surface area contributed by atoms with E-state index in [1.54, 1.807) is 12.4 Å². The van der Waals surface area contributed by atoms with E-state index >= 15 is 0 Å². The first-order valence-electron chi connectivity index (χ1n) is 9.25. The molecular weight excluding hydrogens is 340 g/mol. The fourth-order valence-electron chi connectivity index (χ4n) is 3.55. The lowest BCUT2D eigenvalue weighted by Gasteiger charge is -2.38. The molecule has 1 saturated heterocycles. The summed E-state index contributed by atoms with van der Waals surface area (Å²) in [6.45, 7) is 6.00. The van der Waals surface area contributed by atoms with Gasteiger partial charge in [-0.15, -0.1) is 0 Å². The van der Waals surface area contributed by atoms with E-state index in [0.29, 0.717) is 6.04 Å². The van der Waals surface area contributed by atoms with Crippen molar-refractivity contribution in [2.75, 3.05) is 31.1 Å². The van der Waals surface area contributed by atoms with Crippen LogP contribution in [0.1, 0.15) is 24.1 Å². The van der Waals surface area contributed by atoms with Crippen molar-refractivity contribution in [3.05, 3.63) is 60.2 Å². The van der Waals surface area contributed by atoms with Crippen LogP contribution in [0.25, 0.3) is 11.3 Å². The zero-order valence-electron chi connectivity index (χ0n) is 15.4. The number of nitrogens with zero attached hydrogens (tertiary/aromatic N) is 5. The number of anilines is 1. The number of aromatic amines is 1. The summed E-state index contributed by atoms with van der Waals surface area (Å²) in [6, 6.07) is 8.20. The second-order valence-electron chi connectivity index (χ2n) is 6.81. The van der Waals surface area contributed by atoms with Gasteiger partial charge in [-0.25, -0.2) is 4.98 Å². The van der Waals surface area contributed by atoms with E-state index in [0.717, 1.165) is 48.8 Å². The van der Waals surface area contributed by atoms with Crippen molar-refractivity contribution in [2.45, 2.75) is 19.6 Å². The average Bonchev–Trinajstić information content (AvgIpc) is 3.28. The smallest absolute Gasteiger partial charge is 0.155 e. The van der Waals surface area contributed by atoms with E-state index in [1.807, 2.05) is 36.7 Å². The highest BCUT2D eigenvalue weighted by atomic mass is 16.3. The second kappa shape index (κ2) is 7.85. The molecule has 3 heterocycles. The average molecular weight is 364 g/mol. The van der Waals surface area contributed by atoms with Gasteiger partial charge in [0.05, 0.1) is 12.8 Å². The molecule has 7 heteroatoms. The molecule has 2 N–H and O–H groups in total. The summed E-state index contributed by atoms with van der Waals surface area (Å²) >= 11 is 0. The van der Waals surface area contributed by atoms with E-state index < -0.39 is 0 Å².